The van der Waals surface area contributed by atoms with E-state index in [0.29, 0.717) is 24.4 Å². The van der Waals surface area contributed by atoms with Crippen molar-refractivity contribution in [3.05, 3.63) is 24.5 Å². The van der Waals surface area contributed by atoms with Gasteiger partial charge in [0.15, 0.2) is 5.65 Å². The first-order valence-electron chi connectivity index (χ1n) is 6.38. The van der Waals surface area contributed by atoms with Crippen LogP contribution in [0, 0.1) is 0 Å². The molecule has 0 saturated carbocycles. The lowest BCUT2D eigenvalue weighted by atomic mass is 10.3. The summed E-state index contributed by atoms with van der Waals surface area (Å²) in [6, 6.07) is 3.69. The van der Waals surface area contributed by atoms with E-state index in [1.165, 1.54) is 0 Å². The molecular weight excluding hydrogens is 242 g/mol. The van der Waals surface area contributed by atoms with Crippen LogP contribution in [0.15, 0.2) is 24.5 Å². The van der Waals surface area contributed by atoms with Gasteiger partial charge in [0.1, 0.15) is 11.3 Å². The van der Waals surface area contributed by atoms with Crippen molar-refractivity contribution in [3.8, 4) is 0 Å². The van der Waals surface area contributed by atoms with E-state index in [9.17, 15) is 4.79 Å². The molecule has 19 heavy (non-hydrogen) atoms. The number of pyridine rings is 1. The van der Waals surface area contributed by atoms with Gasteiger partial charge in [-0.3, -0.25) is 9.78 Å². The van der Waals surface area contributed by atoms with Crippen LogP contribution in [-0.4, -0.2) is 33.9 Å². The van der Waals surface area contributed by atoms with Crippen LogP contribution < -0.4 is 10.6 Å². The lowest BCUT2D eigenvalue weighted by Gasteiger charge is -2.06. The van der Waals surface area contributed by atoms with Gasteiger partial charge in [0, 0.05) is 31.9 Å². The Balaban J connectivity index is 1.86. The molecule has 6 heteroatoms. The van der Waals surface area contributed by atoms with E-state index in [-0.39, 0.29) is 5.91 Å². The van der Waals surface area contributed by atoms with Crippen molar-refractivity contribution >= 4 is 22.9 Å². The average molecular weight is 259 g/mol. The maximum atomic E-state index is 11.4. The van der Waals surface area contributed by atoms with Crippen LogP contribution in [0.4, 0.5) is 5.82 Å². The Kier molecular flexibility index (Phi) is 4.60. The standard InChI is InChI=1S/C13H17N5O/c1-2-6-16-12(19)5-7-15-11-4-3-10-13(18-11)17-9-8-14-10/h3-4,8-9H,2,5-7H2,1H3,(H,16,19)(H,15,17,18). The van der Waals surface area contributed by atoms with E-state index in [1.54, 1.807) is 12.4 Å². The number of anilines is 1. The molecule has 0 aliphatic rings. The van der Waals surface area contributed by atoms with Gasteiger partial charge in [0.25, 0.3) is 0 Å². The molecule has 0 fully saturated rings. The van der Waals surface area contributed by atoms with Gasteiger partial charge in [-0.25, -0.2) is 9.97 Å². The lowest BCUT2D eigenvalue weighted by Crippen LogP contribution is -2.25. The van der Waals surface area contributed by atoms with E-state index < -0.39 is 0 Å². The van der Waals surface area contributed by atoms with Gasteiger partial charge < -0.3 is 10.6 Å². The third kappa shape index (κ3) is 3.87. The minimum absolute atomic E-state index is 0.0509. The van der Waals surface area contributed by atoms with Crippen LogP contribution in [0.1, 0.15) is 19.8 Å². The predicted octanol–water partition coefficient (Wildman–Crippen LogP) is 1.35. The second-order valence-electron chi connectivity index (χ2n) is 4.12. The molecular formula is C13H17N5O. The molecule has 2 heterocycles. The quantitative estimate of drug-likeness (QED) is 0.818. The number of amides is 1. The van der Waals surface area contributed by atoms with Gasteiger partial charge in [-0.2, -0.15) is 0 Å². The largest absolute Gasteiger partial charge is 0.369 e. The summed E-state index contributed by atoms with van der Waals surface area (Å²) < 4.78 is 0. The highest BCUT2D eigenvalue weighted by molar-refractivity contribution is 5.76. The van der Waals surface area contributed by atoms with Gasteiger partial charge in [-0.05, 0) is 18.6 Å². The Morgan fingerprint density at radius 3 is 2.89 bits per heavy atom. The van der Waals surface area contributed by atoms with Crippen LogP contribution in [0.3, 0.4) is 0 Å². The zero-order chi connectivity index (χ0) is 13.5. The molecule has 0 spiro atoms. The molecule has 0 unspecified atom stereocenters. The van der Waals surface area contributed by atoms with Crippen molar-refractivity contribution in [2.45, 2.75) is 19.8 Å². The highest BCUT2D eigenvalue weighted by atomic mass is 16.1. The van der Waals surface area contributed by atoms with Crippen LogP contribution in [0.5, 0.6) is 0 Å². The monoisotopic (exact) mass is 259 g/mol. The molecule has 100 valence electrons. The molecule has 0 bridgehead atoms. The molecule has 0 aliphatic heterocycles. The van der Waals surface area contributed by atoms with Crippen molar-refractivity contribution in [3.63, 3.8) is 0 Å². The Hall–Kier alpha value is -2.24. The van der Waals surface area contributed by atoms with Crippen molar-refractivity contribution < 1.29 is 4.79 Å². The molecule has 6 nitrogen and oxygen atoms in total. The lowest BCUT2D eigenvalue weighted by molar-refractivity contribution is -0.120. The van der Waals surface area contributed by atoms with Gasteiger partial charge in [0.05, 0.1) is 0 Å². The first-order valence-corrected chi connectivity index (χ1v) is 6.38. The van der Waals surface area contributed by atoms with Crippen molar-refractivity contribution in [1.29, 1.82) is 0 Å². The van der Waals surface area contributed by atoms with Crippen LogP contribution in [0.2, 0.25) is 0 Å². The van der Waals surface area contributed by atoms with Crippen LogP contribution in [-0.2, 0) is 4.79 Å². The Morgan fingerprint density at radius 2 is 2.05 bits per heavy atom. The van der Waals surface area contributed by atoms with E-state index in [2.05, 4.69) is 25.6 Å². The van der Waals surface area contributed by atoms with Gasteiger partial charge in [0.2, 0.25) is 5.91 Å². The summed E-state index contributed by atoms with van der Waals surface area (Å²) >= 11 is 0. The summed E-state index contributed by atoms with van der Waals surface area (Å²) in [4.78, 5) is 24.0. The number of hydrogen-bond donors (Lipinski definition) is 2. The normalized spacial score (nSPS) is 10.4. The summed E-state index contributed by atoms with van der Waals surface area (Å²) in [5.74, 6) is 0.756. The number of hydrogen-bond acceptors (Lipinski definition) is 5. The Bertz CT molecular complexity index is 557. The zero-order valence-electron chi connectivity index (χ0n) is 10.9. The predicted molar refractivity (Wildman–Crippen MR) is 73.7 cm³/mol. The van der Waals surface area contributed by atoms with Crippen LogP contribution >= 0.6 is 0 Å². The molecule has 0 aliphatic carbocycles. The number of nitrogens with one attached hydrogen (secondary N) is 2. The maximum Gasteiger partial charge on any atom is 0.221 e. The maximum absolute atomic E-state index is 11.4. The number of rotatable bonds is 6. The molecule has 0 atom stereocenters. The summed E-state index contributed by atoms with van der Waals surface area (Å²) in [5, 5.41) is 5.93. The molecule has 2 N–H and O–H groups in total. The summed E-state index contributed by atoms with van der Waals surface area (Å²) in [6.07, 6.45) is 4.62. The van der Waals surface area contributed by atoms with Crippen molar-refractivity contribution in [1.82, 2.24) is 20.3 Å². The number of fused-ring (bicyclic) bond motifs is 1. The molecule has 2 aromatic rings. The third-order valence-corrected chi connectivity index (χ3v) is 2.56. The topological polar surface area (TPSA) is 79.8 Å². The summed E-state index contributed by atoms with van der Waals surface area (Å²) in [5.41, 5.74) is 1.36. The molecule has 2 rings (SSSR count). The minimum Gasteiger partial charge on any atom is -0.369 e. The highest BCUT2D eigenvalue weighted by Crippen LogP contribution is 2.09. The molecule has 0 radical (unpaired) electrons. The third-order valence-electron chi connectivity index (χ3n) is 2.56. The highest BCUT2D eigenvalue weighted by Gasteiger charge is 2.02. The second-order valence-corrected chi connectivity index (χ2v) is 4.12. The second kappa shape index (κ2) is 6.63. The molecule has 2 aromatic heterocycles. The smallest absolute Gasteiger partial charge is 0.221 e. The molecule has 1 amide bonds. The zero-order valence-corrected chi connectivity index (χ0v) is 10.9. The number of nitrogens with zero attached hydrogens (tertiary/aromatic N) is 3. The fraction of sp³-hybridized carbons (Fsp3) is 0.385. The summed E-state index contributed by atoms with van der Waals surface area (Å²) in [7, 11) is 0. The van der Waals surface area contributed by atoms with Gasteiger partial charge in [-0.15, -0.1) is 0 Å². The first-order chi connectivity index (χ1) is 9.29. The van der Waals surface area contributed by atoms with E-state index in [1.807, 2.05) is 19.1 Å². The molecule has 0 saturated heterocycles. The summed E-state index contributed by atoms with van der Waals surface area (Å²) in [6.45, 7) is 3.30. The van der Waals surface area contributed by atoms with Crippen molar-refractivity contribution in [2.75, 3.05) is 18.4 Å². The fourth-order valence-electron chi connectivity index (χ4n) is 1.61. The minimum atomic E-state index is 0.0509. The van der Waals surface area contributed by atoms with Gasteiger partial charge >= 0.3 is 0 Å². The Morgan fingerprint density at radius 1 is 1.21 bits per heavy atom. The SMILES string of the molecule is CCCNC(=O)CCNc1ccc2nccnc2n1. The molecule has 0 aromatic carbocycles. The van der Waals surface area contributed by atoms with E-state index in [0.717, 1.165) is 18.5 Å². The van der Waals surface area contributed by atoms with Crippen LogP contribution in [0.25, 0.3) is 11.2 Å². The van der Waals surface area contributed by atoms with E-state index in [4.69, 9.17) is 0 Å². The Labute approximate surface area is 111 Å². The van der Waals surface area contributed by atoms with Crippen molar-refractivity contribution in [2.24, 2.45) is 0 Å². The number of aromatic nitrogens is 3. The number of carbonyl (C=O) groups excluding carboxylic acids is 1. The fourth-order valence-corrected chi connectivity index (χ4v) is 1.61. The average Bonchev–Trinajstić information content (AvgIpc) is 2.45. The van der Waals surface area contributed by atoms with Gasteiger partial charge in [-0.1, -0.05) is 6.92 Å². The first kappa shape index (κ1) is 13.2. The number of carbonyl (C=O) groups is 1. The van der Waals surface area contributed by atoms with E-state index >= 15 is 0 Å².